The Morgan fingerprint density at radius 1 is 1.20 bits per heavy atom. The fourth-order valence-electron chi connectivity index (χ4n) is 3.96. The van der Waals surface area contributed by atoms with Crippen molar-refractivity contribution in [1.29, 1.82) is 0 Å². The van der Waals surface area contributed by atoms with E-state index in [-0.39, 0.29) is 12.0 Å². The van der Waals surface area contributed by atoms with Crippen LogP contribution < -0.4 is 5.32 Å². The van der Waals surface area contributed by atoms with Gasteiger partial charge in [0.05, 0.1) is 12.7 Å². The van der Waals surface area contributed by atoms with Gasteiger partial charge in [0.15, 0.2) is 0 Å². The van der Waals surface area contributed by atoms with Crippen molar-refractivity contribution < 1.29 is 9.53 Å². The fourth-order valence-corrected chi connectivity index (χ4v) is 3.96. The van der Waals surface area contributed by atoms with E-state index in [9.17, 15) is 4.79 Å². The zero-order valence-electron chi connectivity index (χ0n) is 15.0. The highest BCUT2D eigenvalue weighted by Crippen LogP contribution is 2.28. The maximum absolute atomic E-state index is 12.5. The minimum absolute atomic E-state index is 0.00965. The molecule has 1 amide bonds. The summed E-state index contributed by atoms with van der Waals surface area (Å²) in [6, 6.07) is 8.82. The number of hydrogen-bond donors (Lipinski definition) is 1. The highest BCUT2D eigenvalue weighted by atomic mass is 16.5. The van der Waals surface area contributed by atoms with Crippen LogP contribution in [0, 0.1) is 0 Å². The summed E-state index contributed by atoms with van der Waals surface area (Å²) in [7, 11) is 0. The van der Waals surface area contributed by atoms with Crippen LogP contribution in [0.4, 0.5) is 0 Å². The summed E-state index contributed by atoms with van der Waals surface area (Å²) in [5.41, 5.74) is 1.98. The van der Waals surface area contributed by atoms with Gasteiger partial charge in [0.2, 0.25) is 0 Å². The van der Waals surface area contributed by atoms with E-state index in [1.165, 1.54) is 44.3 Å². The van der Waals surface area contributed by atoms with Gasteiger partial charge in [-0.2, -0.15) is 0 Å². The van der Waals surface area contributed by atoms with Crippen LogP contribution in [-0.4, -0.2) is 67.2 Å². The molecule has 4 rings (SSSR count). The van der Waals surface area contributed by atoms with Gasteiger partial charge in [0, 0.05) is 37.8 Å². The van der Waals surface area contributed by atoms with Crippen LogP contribution in [-0.2, 0) is 11.3 Å². The Morgan fingerprint density at radius 3 is 2.84 bits per heavy atom. The lowest BCUT2D eigenvalue weighted by Crippen LogP contribution is -2.48. The second-order valence-corrected chi connectivity index (χ2v) is 7.61. The Morgan fingerprint density at radius 2 is 2.04 bits per heavy atom. The van der Waals surface area contributed by atoms with E-state index in [0.717, 1.165) is 37.8 Å². The van der Waals surface area contributed by atoms with Gasteiger partial charge in [0.1, 0.15) is 0 Å². The second kappa shape index (κ2) is 7.85. The van der Waals surface area contributed by atoms with E-state index in [1.807, 2.05) is 18.2 Å². The van der Waals surface area contributed by atoms with Crippen LogP contribution in [0.1, 0.15) is 41.6 Å². The Bertz CT molecular complexity index is 596. The number of hydrogen-bond acceptors (Lipinski definition) is 4. The van der Waals surface area contributed by atoms with Crippen molar-refractivity contribution >= 4 is 5.91 Å². The van der Waals surface area contributed by atoms with Gasteiger partial charge in [-0.3, -0.25) is 14.6 Å². The first-order valence-electron chi connectivity index (χ1n) is 9.73. The van der Waals surface area contributed by atoms with E-state index >= 15 is 0 Å². The van der Waals surface area contributed by atoms with Crippen molar-refractivity contribution in [3.05, 3.63) is 35.4 Å². The van der Waals surface area contributed by atoms with Crippen LogP contribution in [0.5, 0.6) is 0 Å². The molecule has 0 spiro atoms. The second-order valence-electron chi connectivity index (χ2n) is 7.61. The minimum atomic E-state index is 0.00965. The molecule has 1 N–H and O–H groups in total. The number of likely N-dealkylation sites (tertiary alicyclic amines) is 1. The molecule has 1 aromatic carbocycles. The van der Waals surface area contributed by atoms with Crippen molar-refractivity contribution in [2.24, 2.45) is 0 Å². The number of carbonyl (C=O) groups excluding carboxylic acids is 1. The molecule has 0 bridgehead atoms. The predicted octanol–water partition coefficient (Wildman–Crippen LogP) is 1.88. The smallest absolute Gasteiger partial charge is 0.251 e. The molecule has 2 heterocycles. The van der Waals surface area contributed by atoms with Crippen molar-refractivity contribution in [2.45, 2.75) is 44.4 Å². The summed E-state index contributed by atoms with van der Waals surface area (Å²) in [4.78, 5) is 17.5. The Labute approximate surface area is 150 Å². The molecule has 1 unspecified atom stereocenters. The quantitative estimate of drug-likeness (QED) is 0.857. The number of amides is 1. The van der Waals surface area contributed by atoms with Crippen LogP contribution in [0.2, 0.25) is 0 Å². The van der Waals surface area contributed by atoms with Crippen LogP contribution >= 0.6 is 0 Å². The molecule has 1 aliphatic carbocycles. The first kappa shape index (κ1) is 17.0. The summed E-state index contributed by atoms with van der Waals surface area (Å²) < 4.78 is 5.82. The van der Waals surface area contributed by atoms with Crippen molar-refractivity contribution in [2.75, 3.05) is 39.3 Å². The van der Waals surface area contributed by atoms with E-state index in [0.29, 0.717) is 6.54 Å². The lowest BCUT2D eigenvalue weighted by Gasteiger charge is -2.33. The minimum Gasteiger partial charge on any atom is -0.374 e. The standard InChI is InChI=1S/C20H29N3O2/c24-20(21-13-19-15-23(10-11-25-19)18-6-7-18)17-5-3-4-16(12-17)14-22-8-1-2-9-22/h3-5,12,18-19H,1-2,6-11,13-15H2,(H,21,24). The molecular formula is C20H29N3O2. The molecule has 3 aliphatic rings. The summed E-state index contributed by atoms with van der Waals surface area (Å²) >= 11 is 0. The van der Waals surface area contributed by atoms with Crippen LogP contribution in [0.15, 0.2) is 24.3 Å². The fraction of sp³-hybridized carbons (Fsp3) is 0.650. The molecule has 3 fully saturated rings. The van der Waals surface area contributed by atoms with Crippen molar-refractivity contribution in [1.82, 2.24) is 15.1 Å². The van der Waals surface area contributed by atoms with Gasteiger partial charge in [0.25, 0.3) is 5.91 Å². The largest absolute Gasteiger partial charge is 0.374 e. The molecule has 0 aromatic heterocycles. The number of morpholine rings is 1. The number of nitrogens with one attached hydrogen (secondary N) is 1. The van der Waals surface area contributed by atoms with Gasteiger partial charge < -0.3 is 10.1 Å². The summed E-state index contributed by atoms with van der Waals surface area (Å²) in [6.45, 7) is 6.65. The molecule has 5 heteroatoms. The number of nitrogens with zero attached hydrogens (tertiary/aromatic N) is 2. The Balaban J connectivity index is 1.28. The van der Waals surface area contributed by atoms with Crippen molar-refractivity contribution in [3.8, 4) is 0 Å². The third-order valence-corrected chi connectivity index (χ3v) is 5.52. The molecule has 2 aliphatic heterocycles. The van der Waals surface area contributed by atoms with E-state index in [4.69, 9.17) is 4.74 Å². The molecule has 1 atom stereocenters. The first-order valence-corrected chi connectivity index (χ1v) is 9.73. The number of rotatable bonds is 6. The highest BCUT2D eigenvalue weighted by Gasteiger charge is 2.33. The zero-order valence-corrected chi connectivity index (χ0v) is 15.0. The molecule has 136 valence electrons. The number of benzene rings is 1. The molecule has 1 saturated carbocycles. The molecule has 5 nitrogen and oxygen atoms in total. The number of ether oxygens (including phenoxy) is 1. The lowest BCUT2D eigenvalue weighted by molar-refractivity contribution is -0.0293. The molecule has 1 aromatic rings. The normalized spacial score (nSPS) is 25.2. The van der Waals surface area contributed by atoms with Crippen LogP contribution in [0.25, 0.3) is 0 Å². The molecular weight excluding hydrogens is 314 g/mol. The first-order chi connectivity index (χ1) is 12.3. The Hall–Kier alpha value is -1.43. The Kier molecular flexibility index (Phi) is 5.34. The van der Waals surface area contributed by atoms with Gasteiger partial charge in [-0.1, -0.05) is 12.1 Å². The van der Waals surface area contributed by atoms with E-state index in [2.05, 4.69) is 21.2 Å². The average molecular weight is 343 g/mol. The summed E-state index contributed by atoms with van der Waals surface area (Å²) in [5, 5.41) is 3.07. The van der Waals surface area contributed by atoms with Gasteiger partial charge in [-0.15, -0.1) is 0 Å². The molecule has 2 saturated heterocycles. The molecule has 25 heavy (non-hydrogen) atoms. The SMILES string of the molecule is O=C(NCC1CN(C2CC2)CCO1)c1cccc(CN2CCCC2)c1. The van der Waals surface area contributed by atoms with Gasteiger partial charge in [-0.25, -0.2) is 0 Å². The third-order valence-electron chi connectivity index (χ3n) is 5.52. The van der Waals surface area contributed by atoms with Crippen molar-refractivity contribution in [3.63, 3.8) is 0 Å². The van der Waals surface area contributed by atoms with Crippen LogP contribution in [0.3, 0.4) is 0 Å². The summed E-state index contributed by atoms with van der Waals surface area (Å²) in [5.74, 6) is 0.00965. The predicted molar refractivity (Wildman–Crippen MR) is 97.6 cm³/mol. The zero-order chi connectivity index (χ0) is 17.1. The third kappa shape index (κ3) is 4.60. The topological polar surface area (TPSA) is 44.8 Å². The molecule has 0 radical (unpaired) electrons. The van der Waals surface area contributed by atoms with E-state index < -0.39 is 0 Å². The maximum atomic E-state index is 12.5. The highest BCUT2D eigenvalue weighted by molar-refractivity contribution is 5.94. The van der Waals surface area contributed by atoms with Gasteiger partial charge in [-0.05, 0) is 56.5 Å². The lowest BCUT2D eigenvalue weighted by atomic mass is 10.1. The maximum Gasteiger partial charge on any atom is 0.251 e. The van der Waals surface area contributed by atoms with Gasteiger partial charge >= 0.3 is 0 Å². The number of carbonyl (C=O) groups is 1. The average Bonchev–Trinajstić information content (AvgIpc) is 3.38. The monoisotopic (exact) mass is 343 g/mol. The summed E-state index contributed by atoms with van der Waals surface area (Å²) in [6.07, 6.45) is 5.34. The van der Waals surface area contributed by atoms with E-state index in [1.54, 1.807) is 0 Å².